The summed E-state index contributed by atoms with van der Waals surface area (Å²) < 4.78 is 63.7. The molecule has 1 amide bonds. The van der Waals surface area contributed by atoms with E-state index in [2.05, 4.69) is 4.99 Å². The van der Waals surface area contributed by atoms with Gasteiger partial charge in [0.15, 0.2) is 15.0 Å². The Hall–Kier alpha value is -1.79. The van der Waals surface area contributed by atoms with Gasteiger partial charge in [-0.2, -0.15) is 18.2 Å². The second-order valence-corrected chi connectivity index (χ2v) is 10.6. The van der Waals surface area contributed by atoms with E-state index in [1.165, 1.54) is 4.90 Å². The van der Waals surface area contributed by atoms with Gasteiger partial charge in [0.2, 0.25) is 5.91 Å². The maximum atomic E-state index is 13.2. The summed E-state index contributed by atoms with van der Waals surface area (Å²) in [5.74, 6) is -2.21. The molecule has 13 heteroatoms. The molecular formula is C17H16ClF3N2O5S2. The Morgan fingerprint density at radius 2 is 1.97 bits per heavy atom. The molecule has 1 aromatic rings. The van der Waals surface area contributed by atoms with Crippen molar-refractivity contribution in [2.45, 2.75) is 36.7 Å². The number of nitrogens with zero attached hydrogens (tertiary/aromatic N) is 2. The van der Waals surface area contributed by atoms with Crippen LogP contribution in [0.25, 0.3) is 0 Å². The number of carbonyl (C=O) groups excluding carboxylic acids is 1. The minimum atomic E-state index is -4.64. The zero-order valence-corrected chi connectivity index (χ0v) is 17.6. The smallest absolute Gasteiger partial charge is 0.416 e. The number of sulfone groups is 1. The lowest BCUT2D eigenvalue weighted by molar-refractivity contribution is -0.138. The Bertz CT molecular complexity index is 1010. The number of hydrogen-bond acceptors (Lipinski definition) is 5. The lowest BCUT2D eigenvalue weighted by Crippen LogP contribution is -2.38. The van der Waals surface area contributed by atoms with E-state index in [9.17, 15) is 31.2 Å². The molecule has 2 fully saturated rings. The summed E-state index contributed by atoms with van der Waals surface area (Å²) in [7, 11) is -3.41. The molecule has 1 aromatic carbocycles. The number of aliphatic imine (C=N–C) groups is 1. The van der Waals surface area contributed by atoms with Crippen LogP contribution in [0.2, 0.25) is 5.02 Å². The van der Waals surface area contributed by atoms with Crippen LogP contribution in [-0.2, 0) is 25.6 Å². The van der Waals surface area contributed by atoms with Gasteiger partial charge < -0.3 is 10.0 Å². The van der Waals surface area contributed by atoms with Crippen molar-refractivity contribution in [1.29, 1.82) is 0 Å². The number of carbonyl (C=O) groups is 2. The van der Waals surface area contributed by atoms with Crippen molar-refractivity contribution < 1.29 is 36.3 Å². The molecule has 0 aliphatic carbocycles. The van der Waals surface area contributed by atoms with Gasteiger partial charge in [-0.1, -0.05) is 23.4 Å². The van der Waals surface area contributed by atoms with Gasteiger partial charge in [0, 0.05) is 18.1 Å². The number of alkyl halides is 3. The normalized spacial score (nSPS) is 24.3. The highest BCUT2D eigenvalue weighted by molar-refractivity contribution is 8.16. The molecular weight excluding hydrogens is 469 g/mol. The Kier molecular flexibility index (Phi) is 6.40. The molecule has 0 spiro atoms. The molecule has 2 heterocycles. The minimum absolute atomic E-state index is 0.0421. The van der Waals surface area contributed by atoms with Gasteiger partial charge in [-0.05, 0) is 24.6 Å². The molecule has 2 aliphatic heterocycles. The van der Waals surface area contributed by atoms with Crippen LogP contribution >= 0.6 is 23.4 Å². The van der Waals surface area contributed by atoms with Crippen molar-refractivity contribution in [3.8, 4) is 0 Å². The molecule has 0 bridgehead atoms. The van der Waals surface area contributed by atoms with Crippen molar-refractivity contribution in [2.24, 2.45) is 4.99 Å². The van der Waals surface area contributed by atoms with Crippen LogP contribution in [0.3, 0.4) is 0 Å². The van der Waals surface area contributed by atoms with Crippen molar-refractivity contribution in [1.82, 2.24) is 0 Å². The molecule has 2 atom stereocenters. The number of carboxylic acid groups (broad SMARTS) is 1. The van der Waals surface area contributed by atoms with Gasteiger partial charge >= 0.3 is 12.1 Å². The Balaban J connectivity index is 1.97. The molecule has 3 rings (SSSR count). The van der Waals surface area contributed by atoms with E-state index in [0.717, 1.165) is 30.0 Å². The zero-order valence-electron chi connectivity index (χ0n) is 15.2. The van der Waals surface area contributed by atoms with Crippen LogP contribution < -0.4 is 4.90 Å². The number of amidine groups is 1. The second kappa shape index (κ2) is 8.39. The molecule has 7 nitrogen and oxygen atoms in total. The summed E-state index contributed by atoms with van der Waals surface area (Å²) in [4.78, 5) is 28.0. The van der Waals surface area contributed by atoms with Crippen molar-refractivity contribution in [3.63, 3.8) is 0 Å². The third-order valence-electron chi connectivity index (χ3n) is 4.60. The number of amides is 1. The average molecular weight is 485 g/mol. The van der Waals surface area contributed by atoms with E-state index >= 15 is 0 Å². The lowest BCUT2D eigenvalue weighted by Gasteiger charge is -2.26. The summed E-state index contributed by atoms with van der Waals surface area (Å²) in [6.07, 6.45) is -4.97. The van der Waals surface area contributed by atoms with E-state index in [1.807, 2.05) is 0 Å². The highest BCUT2D eigenvalue weighted by atomic mass is 35.5. The van der Waals surface area contributed by atoms with Gasteiger partial charge in [-0.3, -0.25) is 9.59 Å². The predicted octanol–water partition coefficient (Wildman–Crippen LogP) is 3.22. The number of carboxylic acids is 1. The fourth-order valence-corrected chi connectivity index (χ4v) is 7.41. The fraction of sp³-hybridized carbons (Fsp3) is 0.471. The van der Waals surface area contributed by atoms with Crippen LogP contribution in [0.15, 0.2) is 23.2 Å². The van der Waals surface area contributed by atoms with Crippen LogP contribution in [0.1, 0.15) is 24.8 Å². The van der Waals surface area contributed by atoms with E-state index in [-0.39, 0.29) is 46.6 Å². The molecule has 0 saturated carbocycles. The number of benzene rings is 1. The Morgan fingerprint density at radius 1 is 1.27 bits per heavy atom. The molecule has 2 saturated heterocycles. The first-order valence-electron chi connectivity index (χ1n) is 8.74. The largest absolute Gasteiger partial charge is 0.481 e. The molecule has 1 N–H and O–H groups in total. The third-order valence-corrected chi connectivity index (χ3v) is 8.13. The monoisotopic (exact) mass is 484 g/mol. The van der Waals surface area contributed by atoms with E-state index < -0.39 is 44.7 Å². The molecule has 2 aliphatic rings. The van der Waals surface area contributed by atoms with Gasteiger partial charge in [0.05, 0.1) is 33.8 Å². The number of hydrogen-bond donors (Lipinski definition) is 1. The fourth-order valence-electron chi connectivity index (χ4n) is 3.27. The van der Waals surface area contributed by atoms with Crippen molar-refractivity contribution in [3.05, 3.63) is 28.8 Å². The summed E-state index contributed by atoms with van der Waals surface area (Å²) >= 11 is 7.13. The summed E-state index contributed by atoms with van der Waals surface area (Å²) in [6, 6.07) is 1.96. The second-order valence-electron chi connectivity index (χ2n) is 6.87. The summed E-state index contributed by atoms with van der Waals surface area (Å²) in [6.45, 7) is 0. The maximum Gasteiger partial charge on any atom is 0.416 e. The first kappa shape index (κ1) is 22.9. The number of halogens is 4. The van der Waals surface area contributed by atoms with E-state index in [4.69, 9.17) is 16.7 Å². The minimum Gasteiger partial charge on any atom is -0.481 e. The van der Waals surface area contributed by atoms with Crippen LogP contribution in [0.4, 0.5) is 18.9 Å². The number of anilines is 1. The van der Waals surface area contributed by atoms with E-state index in [0.29, 0.717) is 0 Å². The first-order valence-corrected chi connectivity index (χ1v) is 11.8. The SMILES string of the molecule is O=C(O)CCCC(=O)N=C1SC2CS(=O)(=O)CC2N1c1cc(C(F)(F)F)ccc1Cl. The Morgan fingerprint density at radius 3 is 2.60 bits per heavy atom. The van der Waals surface area contributed by atoms with Gasteiger partial charge in [0.1, 0.15) is 0 Å². The van der Waals surface area contributed by atoms with Gasteiger partial charge in [-0.25, -0.2) is 8.42 Å². The maximum absolute atomic E-state index is 13.2. The molecule has 0 aromatic heterocycles. The number of rotatable bonds is 5. The third kappa shape index (κ3) is 5.09. The highest BCUT2D eigenvalue weighted by Crippen LogP contribution is 2.44. The summed E-state index contributed by atoms with van der Waals surface area (Å²) in [5, 5.41) is 8.17. The first-order chi connectivity index (χ1) is 13.9. The number of thioether (sulfide) groups is 1. The lowest BCUT2D eigenvalue weighted by atomic mass is 10.1. The van der Waals surface area contributed by atoms with Gasteiger partial charge in [0.25, 0.3) is 0 Å². The molecule has 2 unspecified atom stereocenters. The molecule has 164 valence electrons. The zero-order chi connectivity index (χ0) is 22.3. The molecule has 30 heavy (non-hydrogen) atoms. The van der Waals surface area contributed by atoms with E-state index in [1.54, 1.807) is 0 Å². The van der Waals surface area contributed by atoms with Crippen LogP contribution in [0, 0.1) is 0 Å². The van der Waals surface area contributed by atoms with Gasteiger partial charge in [-0.15, -0.1) is 0 Å². The van der Waals surface area contributed by atoms with Crippen molar-refractivity contribution >= 4 is 55.9 Å². The number of aliphatic carboxylic acids is 1. The number of fused-ring (bicyclic) bond motifs is 1. The topological polar surface area (TPSA) is 104 Å². The predicted molar refractivity (Wildman–Crippen MR) is 107 cm³/mol. The highest BCUT2D eigenvalue weighted by Gasteiger charge is 2.50. The molecule has 0 radical (unpaired) electrons. The van der Waals surface area contributed by atoms with Crippen molar-refractivity contribution in [2.75, 3.05) is 16.4 Å². The quantitative estimate of drug-likeness (QED) is 0.684. The average Bonchev–Trinajstić information content (AvgIpc) is 3.05. The van der Waals surface area contributed by atoms with Crippen LogP contribution in [0.5, 0.6) is 0 Å². The van der Waals surface area contributed by atoms with Crippen LogP contribution in [-0.4, -0.2) is 53.4 Å². The summed E-state index contributed by atoms with van der Waals surface area (Å²) in [5.41, 5.74) is -1.05. The standard InChI is InChI=1S/C17H16ClF3N2O5S2/c18-10-5-4-9(17(19,20)21)6-11(10)23-12-7-30(27,28)8-13(12)29-16(23)22-14(24)2-1-3-15(25)26/h4-6,12-13H,1-3,7-8H2,(H,25,26). The Labute approximate surface area is 179 Å².